The zero-order valence-electron chi connectivity index (χ0n) is 14.2. The number of hydrogen-bond acceptors (Lipinski definition) is 4. The maximum Gasteiger partial charge on any atom is 0.319 e. The maximum absolute atomic E-state index is 12.5. The number of anilines is 1. The second-order valence-electron chi connectivity index (χ2n) is 6.79. The number of amides is 2. The summed E-state index contributed by atoms with van der Waals surface area (Å²) in [5.41, 5.74) is 1.22. The Bertz CT molecular complexity index is 819. The standard InChI is InChI=1S/C19H20N2O4/c1-19(2)10-14(12-6-3-4-8-15(12)25-19)21-18(22)20-13-7-5-9-16-17(13)24-11-23-16/h3-9,14H,10-11H2,1-2H3,(H2,20,21,22). The Balaban J connectivity index is 1.52. The first-order valence-electron chi connectivity index (χ1n) is 8.26. The lowest BCUT2D eigenvalue weighted by Crippen LogP contribution is -2.42. The topological polar surface area (TPSA) is 68.8 Å². The van der Waals surface area contributed by atoms with E-state index in [1.807, 2.05) is 50.2 Å². The highest BCUT2D eigenvalue weighted by Crippen LogP contribution is 2.40. The number of ether oxygens (including phenoxy) is 3. The molecule has 2 aromatic rings. The van der Waals surface area contributed by atoms with Gasteiger partial charge in [0.05, 0.1) is 11.7 Å². The Morgan fingerprint density at radius 2 is 1.88 bits per heavy atom. The average molecular weight is 340 g/mol. The zero-order valence-corrected chi connectivity index (χ0v) is 14.2. The van der Waals surface area contributed by atoms with Crippen LogP contribution in [0.1, 0.15) is 31.9 Å². The Morgan fingerprint density at radius 1 is 1.08 bits per heavy atom. The molecule has 0 aliphatic carbocycles. The van der Waals surface area contributed by atoms with E-state index in [4.69, 9.17) is 14.2 Å². The molecular weight excluding hydrogens is 320 g/mol. The van der Waals surface area contributed by atoms with Gasteiger partial charge in [-0.1, -0.05) is 24.3 Å². The van der Waals surface area contributed by atoms with Crippen LogP contribution in [0.3, 0.4) is 0 Å². The molecule has 0 saturated carbocycles. The fourth-order valence-electron chi connectivity index (χ4n) is 3.28. The van der Waals surface area contributed by atoms with Crippen LogP contribution in [0.4, 0.5) is 10.5 Å². The van der Waals surface area contributed by atoms with E-state index < -0.39 is 0 Å². The van der Waals surface area contributed by atoms with Crippen LogP contribution in [0, 0.1) is 0 Å². The minimum absolute atomic E-state index is 0.131. The smallest absolute Gasteiger partial charge is 0.319 e. The highest BCUT2D eigenvalue weighted by molar-refractivity contribution is 5.92. The Labute approximate surface area is 146 Å². The van der Waals surface area contributed by atoms with Crippen molar-refractivity contribution in [1.29, 1.82) is 0 Å². The summed E-state index contributed by atoms with van der Waals surface area (Å²) < 4.78 is 16.8. The fraction of sp³-hybridized carbons (Fsp3) is 0.316. The van der Waals surface area contributed by atoms with E-state index in [0.29, 0.717) is 23.6 Å². The summed E-state index contributed by atoms with van der Waals surface area (Å²) in [6.45, 7) is 4.20. The van der Waals surface area contributed by atoms with Crippen LogP contribution in [-0.4, -0.2) is 18.4 Å². The van der Waals surface area contributed by atoms with Crippen molar-refractivity contribution in [1.82, 2.24) is 5.32 Å². The molecule has 1 unspecified atom stereocenters. The number of nitrogens with one attached hydrogen (secondary N) is 2. The molecule has 6 heteroatoms. The predicted octanol–water partition coefficient (Wildman–Crippen LogP) is 3.84. The summed E-state index contributed by atoms with van der Waals surface area (Å²) >= 11 is 0. The molecule has 2 N–H and O–H groups in total. The van der Waals surface area contributed by atoms with Gasteiger partial charge < -0.3 is 24.8 Å². The van der Waals surface area contributed by atoms with Crippen molar-refractivity contribution in [2.24, 2.45) is 0 Å². The van der Waals surface area contributed by atoms with Crippen LogP contribution < -0.4 is 24.8 Å². The van der Waals surface area contributed by atoms with Gasteiger partial charge in [-0.3, -0.25) is 0 Å². The molecule has 130 valence electrons. The van der Waals surface area contributed by atoms with Gasteiger partial charge in [0, 0.05) is 12.0 Å². The third-order valence-electron chi connectivity index (χ3n) is 4.33. The number of urea groups is 1. The molecule has 0 saturated heterocycles. The highest BCUT2D eigenvalue weighted by atomic mass is 16.7. The third kappa shape index (κ3) is 3.07. The maximum atomic E-state index is 12.5. The molecule has 0 bridgehead atoms. The van der Waals surface area contributed by atoms with Gasteiger partial charge in [-0.2, -0.15) is 0 Å². The lowest BCUT2D eigenvalue weighted by Gasteiger charge is -2.37. The van der Waals surface area contributed by atoms with Crippen molar-refractivity contribution in [2.75, 3.05) is 12.1 Å². The largest absolute Gasteiger partial charge is 0.487 e. The number of carbonyl (C=O) groups excluding carboxylic acids is 1. The molecule has 6 nitrogen and oxygen atoms in total. The van der Waals surface area contributed by atoms with Gasteiger partial charge in [0.1, 0.15) is 11.4 Å². The number of para-hydroxylation sites is 2. The minimum Gasteiger partial charge on any atom is -0.487 e. The first-order chi connectivity index (χ1) is 12.0. The second kappa shape index (κ2) is 5.88. The van der Waals surface area contributed by atoms with Crippen LogP contribution in [-0.2, 0) is 0 Å². The van der Waals surface area contributed by atoms with E-state index in [1.165, 1.54) is 0 Å². The lowest BCUT2D eigenvalue weighted by atomic mass is 9.90. The molecule has 2 aliphatic rings. The summed E-state index contributed by atoms with van der Waals surface area (Å²) in [6.07, 6.45) is 0.684. The van der Waals surface area contributed by atoms with Crippen LogP contribution in [0.25, 0.3) is 0 Å². The molecule has 0 radical (unpaired) electrons. The van der Waals surface area contributed by atoms with Crippen molar-refractivity contribution in [3.8, 4) is 17.2 Å². The SMILES string of the molecule is CC1(C)CC(NC(=O)Nc2cccc3c2OCO3)c2ccccc2O1. The highest BCUT2D eigenvalue weighted by Gasteiger charge is 2.34. The molecule has 2 amide bonds. The fourth-order valence-corrected chi connectivity index (χ4v) is 3.28. The number of fused-ring (bicyclic) bond motifs is 2. The molecule has 0 aromatic heterocycles. The van der Waals surface area contributed by atoms with E-state index >= 15 is 0 Å². The molecule has 4 rings (SSSR count). The monoisotopic (exact) mass is 340 g/mol. The van der Waals surface area contributed by atoms with Crippen molar-refractivity contribution in [3.05, 3.63) is 48.0 Å². The van der Waals surface area contributed by atoms with Gasteiger partial charge in [-0.15, -0.1) is 0 Å². The summed E-state index contributed by atoms with van der Waals surface area (Å²) in [5, 5.41) is 5.90. The number of hydrogen-bond donors (Lipinski definition) is 2. The summed E-state index contributed by atoms with van der Waals surface area (Å²) in [7, 11) is 0. The van der Waals surface area contributed by atoms with E-state index in [1.54, 1.807) is 6.07 Å². The predicted molar refractivity (Wildman–Crippen MR) is 93.2 cm³/mol. The summed E-state index contributed by atoms with van der Waals surface area (Å²) in [6, 6.07) is 12.8. The first-order valence-corrected chi connectivity index (χ1v) is 8.26. The van der Waals surface area contributed by atoms with Crippen molar-refractivity contribution in [2.45, 2.75) is 31.9 Å². The molecule has 1 atom stereocenters. The Kier molecular flexibility index (Phi) is 3.67. The van der Waals surface area contributed by atoms with Crippen molar-refractivity contribution in [3.63, 3.8) is 0 Å². The van der Waals surface area contributed by atoms with Gasteiger partial charge in [0.2, 0.25) is 6.79 Å². The second-order valence-corrected chi connectivity index (χ2v) is 6.79. The van der Waals surface area contributed by atoms with Crippen LogP contribution >= 0.6 is 0 Å². The van der Waals surface area contributed by atoms with Gasteiger partial charge >= 0.3 is 6.03 Å². The van der Waals surface area contributed by atoms with Crippen LogP contribution in [0.2, 0.25) is 0 Å². The molecule has 2 aromatic carbocycles. The number of carbonyl (C=O) groups is 1. The molecular formula is C19H20N2O4. The molecule has 2 aliphatic heterocycles. The first kappa shape index (κ1) is 15.6. The van der Waals surface area contributed by atoms with Crippen molar-refractivity contribution < 1.29 is 19.0 Å². The van der Waals surface area contributed by atoms with Gasteiger partial charge in [0.25, 0.3) is 0 Å². The van der Waals surface area contributed by atoms with Gasteiger partial charge in [-0.05, 0) is 32.0 Å². The molecule has 0 fully saturated rings. The number of benzene rings is 2. The van der Waals surface area contributed by atoms with E-state index in [9.17, 15) is 4.79 Å². The average Bonchev–Trinajstić information content (AvgIpc) is 3.03. The van der Waals surface area contributed by atoms with E-state index in [2.05, 4.69) is 10.6 Å². The van der Waals surface area contributed by atoms with Gasteiger partial charge in [-0.25, -0.2) is 4.79 Å². The van der Waals surface area contributed by atoms with Crippen molar-refractivity contribution >= 4 is 11.7 Å². The van der Waals surface area contributed by atoms with E-state index in [-0.39, 0.29) is 24.5 Å². The normalized spacial score (nSPS) is 19.5. The quantitative estimate of drug-likeness (QED) is 0.871. The lowest BCUT2D eigenvalue weighted by molar-refractivity contribution is 0.0683. The summed E-state index contributed by atoms with van der Waals surface area (Å²) in [4.78, 5) is 12.5. The zero-order chi connectivity index (χ0) is 17.4. The third-order valence-corrected chi connectivity index (χ3v) is 4.33. The van der Waals surface area contributed by atoms with Gasteiger partial charge in [0.15, 0.2) is 11.5 Å². The molecule has 2 heterocycles. The Morgan fingerprint density at radius 3 is 2.76 bits per heavy atom. The van der Waals surface area contributed by atoms with Crippen LogP contribution in [0.15, 0.2) is 42.5 Å². The van der Waals surface area contributed by atoms with Crippen LogP contribution in [0.5, 0.6) is 17.2 Å². The number of rotatable bonds is 2. The molecule has 0 spiro atoms. The molecule has 25 heavy (non-hydrogen) atoms. The Hall–Kier alpha value is -2.89. The van der Waals surface area contributed by atoms with E-state index in [0.717, 1.165) is 11.3 Å². The summed E-state index contributed by atoms with van der Waals surface area (Å²) in [5.74, 6) is 2.00. The minimum atomic E-state index is -0.350.